The van der Waals surface area contributed by atoms with Crippen LogP contribution in [0.25, 0.3) is 0 Å². The highest BCUT2D eigenvalue weighted by Gasteiger charge is 2.41. The summed E-state index contributed by atoms with van der Waals surface area (Å²) in [7, 11) is 0. The predicted molar refractivity (Wildman–Crippen MR) is 111 cm³/mol. The third kappa shape index (κ3) is 4.23. The van der Waals surface area contributed by atoms with Crippen LogP contribution in [-0.2, 0) is 17.8 Å². The Balaban J connectivity index is 1.44. The zero-order chi connectivity index (χ0) is 20.4. The molecule has 2 fully saturated rings. The van der Waals surface area contributed by atoms with Crippen molar-refractivity contribution in [3.8, 4) is 0 Å². The number of hydrogen-bond acceptors (Lipinski definition) is 6. The van der Waals surface area contributed by atoms with Crippen LogP contribution < -0.4 is 4.90 Å². The number of piperidine rings is 2. The number of amides is 1. The van der Waals surface area contributed by atoms with E-state index in [1.54, 1.807) is 12.4 Å². The van der Waals surface area contributed by atoms with E-state index in [2.05, 4.69) is 26.8 Å². The first kappa shape index (κ1) is 19.7. The Kier molecular flexibility index (Phi) is 5.48. The topological polar surface area (TPSA) is 75.1 Å². The lowest BCUT2D eigenvalue weighted by atomic mass is 9.72. The highest BCUT2D eigenvalue weighted by Crippen LogP contribution is 2.41. The predicted octanol–water partition coefficient (Wildman–Crippen LogP) is 2.86. The molecular formula is C22H30N6O. The maximum absolute atomic E-state index is 12.5. The number of likely N-dealkylation sites (tertiary alicyclic amines) is 1. The Labute approximate surface area is 172 Å². The molecule has 0 aliphatic carbocycles. The lowest BCUT2D eigenvalue weighted by Crippen LogP contribution is -2.51. The number of rotatable bonds is 4. The Morgan fingerprint density at radius 3 is 2.52 bits per heavy atom. The van der Waals surface area contributed by atoms with Crippen molar-refractivity contribution >= 4 is 11.7 Å². The normalized spacial score (nSPS) is 19.1. The first-order valence-electron chi connectivity index (χ1n) is 10.6. The number of anilines is 1. The maximum atomic E-state index is 12.5. The highest BCUT2D eigenvalue weighted by molar-refractivity contribution is 5.77. The van der Waals surface area contributed by atoms with Crippen molar-refractivity contribution in [2.24, 2.45) is 5.41 Å². The second-order valence-corrected chi connectivity index (χ2v) is 8.51. The second kappa shape index (κ2) is 8.05. The Hall–Kier alpha value is -2.57. The minimum absolute atomic E-state index is 0.205. The summed E-state index contributed by atoms with van der Waals surface area (Å²) in [4.78, 5) is 34.8. The van der Waals surface area contributed by atoms with Gasteiger partial charge in [-0.2, -0.15) is 0 Å². The van der Waals surface area contributed by atoms with Gasteiger partial charge in [0.2, 0.25) is 5.91 Å². The quantitative estimate of drug-likeness (QED) is 0.794. The molecule has 4 heterocycles. The molecule has 0 saturated carbocycles. The van der Waals surface area contributed by atoms with E-state index in [-0.39, 0.29) is 11.3 Å². The van der Waals surface area contributed by atoms with Gasteiger partial charge in [-0.3, -0.25) is 14.8 Å². The molecule has 7 nitrogen and oxygen atoms in total. The van der Waals surface area contributed by atoms with Crippen molar-refractivity contribution in [3.05, 3.63) is 41.4 Å². The van der Waals surface area contributed by atoms with Gasteiger partial charge in [-0.15, -0.1) is 0 Å². The maximum Gasteiger partial charge on any atom is 0.222 e. The summed E-state index contributed by atoms with van der Waals surface area (Å²) >= 11 is 0. The molecule has 2 aliphatic rings. The Bertz CT molecular complexity index is 873. The van der Waals surface area contributed by atoms with Crippen molar-refractivity contribution in [2.75, 3.05) is 24.5 Å². The van der Waals surface area contributed by atoms with E-state index in [1.807, 2.05) is 24.9 Å². The molecule has 7 heteroatoms. The number of carbonyl (C=O) groups excluding carboxylic acids is 1. The first-order valence-corrected chi connectivity index (χ1v) is 10.6. The van der Waals surface area contributed by atoms with E-state index in [0.29, 0.717) is 13.0 Å². The summed E-state index contributed by atoms with van der Waals surface area (Å²) in [6, 6.07) is 0. The smallest absolute Gasteiger partial charge is 0.222 e. The molecule has 1 amide bonds. The molecule has 1 spiro atoms. The van der Waals surface area contributed by atoms with E-state index in [0.717, 1.165) is 68.3 Å². The summed E-state index contributed by atoms with van der Waals surface area (Å²) in [5.74, 6) is 2.15. The van der Waals surface area contributed by atoms with Gasteiger partial charge < -0.3 is 9.80 Å². The van der Waals surface area contributed by atoms with Crippen molar-refractivity contribution in [3.63, 3.8) is 0 Å². The van der Waals surface area contributed by atoms with E-state index >= 15 is 0 Å². The van der Waals surface area contributed by atoms with E-state index in [4.69, 9.17) is 4.98 Å². The van der Waals surface area contributed by atoms with Gasteiger partial charge in [0.15, 0.2) is 0 Å². The molecule has 154 valence electrons. The molecule has 4 rings (SSSR count). The van der Waals surface area contributed by atoms with Gasteiger partial charge in [0.25, 0.3) is 0 Å². The third-order valence-electron chi connectivity index (χ3n) is 6.40. The fraction of sp³-hybridized carbons (Fsp3) is 0.591. The standard InChI is InChI=1S/C22H30N6O/c1-4-18-12-24-17(3)26-21(18)27-9-7-22(8-10-27)6-5-20(29)28(15-22)14-19-13-23-16(2)11-25-19/h11-13H,4-10,14-15H2,1-3H3. The van der Waals surface area contributed by atoms with Crippen LogP contribution in [0.1, 0.15) is 55.4 Å². The largest absolute Gasteiger partial charge is 0.356 e. The molecule has 2 saturated heterocycles. The SMILES string of the molecule is CCc1cnc(C)nc1N1CCC2(CCC(=O)N(Cc3cnc(C)cn3)C2)CC1. The van der Waals surface area contributed by atoms with Gasteiger partial charge in [0.1, 0.15) is 11.6 Å². The monoisotopic (exact) mass is 394 g/mol. The first-order chi connectivity index (χ1) is 14.0. The second-order valence-electron chi connectivity index (χ2n) is 8.51. The number of aromatic nitrogens is 4. The van der Waals surface area contributed by atoms with Crippen molar-refractivity contribution in [1.29, 1.82) is 0 Å². The van der Waals surface area contributed by atoms with Crippen LogP contribution in [0.2, 0.25) is 0 Å². The summed E-state index contributed by atoms with van der Waals surface area (Å²) < 4.78 is 0. The Morgan fingerprint density at radius 1 is 1.03 bits per heavy atom. The molecule has 0 aromatic carbocycles. The molecular weight excluding hydrogens is 364 g/mol. The summed E-state index contributed by atoms with van der Waals surface area (Å²) in [5, 5.41) is 0. The van der Waals surface area contributed by atoms with Crippen molar-refractivity contribution in [1.82, 2.24) is 24.8 Å². The van der Waals surface area contributed by atoms with Gasteiger partial charge in [-0.1, -0.05) is 6.92 Å². The molecule has 0 unspecified atom stereocenters. The van der Waals surface area contributed by atoms with E-state index < -0.39 is 0 Å². The molecule has 0 N–H and O–H groups in total. The van der Waals surface area contributed by atoms with Gasteiger partial charge in [-0.25, -0.2) is 9.97 Å². The van der Waals surface area contributed by atoms with Crippen LogP contribution in [0.5, 0.6) is 0 Å². The number of carbonyl (C=O) groups is 1. The summed E-state index contributed by atoms with van der Waals surface area (Å²) in [5.41, 5.74) is 3.18. The molecule has 2 aliphatic heterocycles. The number of nitrogens with zero attached hydrogens (tertiary/aromatic N) is 6. The molecule has 29 heavy (non-hydrogen) atoms. The molecule has 0 bridgehead atoms. The fourth-order valence-electron chi connectivity index (χ4n) is 4.55. The van der Waals surface area contributed by atoms with Gasteiger partial charge in [0.05, 0.1) is 24.1 Å². The van der Waals surface area contributed by atoms with Crippen LogP contribution in [0.3, 0.4) is 0 Å². The van der Waals surface area contributed by atoms with E-state index in [1.165, 1.54) is 5.56 Å². The summed E-state index contributed by atoms with van der Waals surface area (Å²) in [6.07, 6.45) is 10.3. The average molecular weight is 395 g/mol. The molecule has 2 aromatic heterocycles. The summed E-state index contributed by atoms with van der Waals surface area (Å²) in [6.45, 7) is 9.37. The average Bonchev–Trinajstić information content (AvgIpc) is 2.73. The van der Waals surface area contributed by atoms with Gasteiger partial charge in [-0.05, 0) is 44.9 Å². The zero-order valence-corrected chi connectivity index (χ0v) is 17.7. The Morgan fingerprint density at radius 2 is 1.83 bits per heavy atom. The zero-order valence-electron chi connectivity index (χ0n) is 17.7. The minimum Gasteiger partial charge on any atom is -0.356 e. The van der Waals surface area contributed by atoms with Crippen molar-refractivity contribution in [2.45, 2.75) is 59.4 Å². The number of hydrogen-bond donors (Lipinski definition) is 0. The van der Waals surface area contributed by atoms with Gasteiger partial charge in [0, 0.05) is 44.0 Å². The number of aryl methyl sites for hydroxylation is 3. The third-order valence-corrected chi connectivity index (χ3v) is 6.40. The molecule has 0 radical (unpaired) electrons. The highest BCUT2D eigenvalue weighted by atomic mass is 16.2. The van der Waals surface area contributed by atoms with Crippen LogP contribution in [0.15, 0.2) is 18.6 Å². The fourth-order valence-corrected chi connectivity index (χ4v) is 4.55. The van der Waals surface area contributed by atoms with Gasteiger partial charge >= 0.3 is 0 Å². The molecule has 0 atom stereocenters. The van der Waals surface area contributed by atoms with Crippen LogP contribution in [0, 0.1) is 19.3 Å². The van der Waals surface area contributed by atoms with Crippen LogP contribution in [0.4, 0.5) is 5.82 Å². The minimum atomic E-state index is 0.205. The molecule has 2 aromatic rings. The lowest BCUT2D eigenvalue weighted by molar-refractivity contribution is -0.139. The van der Waals surface area contributed by atoms with E-state index in [9.17, 15) is 4.79 Å². The van der Waals surface area contributed by atoms with Crippen LogP contribution in [-0.4, -0.2) is 50.4 Å². The van der Waals surface area contributed by atoms with Crippen LogP contribution >= 0.6 is 0 Å². The lowest BCUT2D eigenvalue weighted by Gasteiger charge is -2.47. The van der Waals surface area contributed by atoms with Crippen molar-refractivity contribution < 1.29 is 4.79 Å².